The van der Waals surface area contributed by atoms with Crippen molar-refractivity contribution in [2.75, 3.05) is 5.32 Å². The number of nitrogens with zero attached hydrogens (tertiary/aromatic N) is 1. The Bertz CT molecular complexity index is 1360. The molecule has 0 saturated heterocycles. The molecule has 2 aromatic carbocycles. The van der Waals surface area contributed by atoms with E-state index in [2.05, 4.69) is 49.5 Å². The molecule has 0 unspecified atom stereocenters. The molecule has 0 aliphatic rings. The van der Waals surface area contributed by atoms with E-state index >= 15 is 0 Å². The first-order valence-electron chi connectivity index (χ1n) is 13.7. The van der Waals surface area contributed by atoms with Crippen LogP contribution < -0.4 is 10.6 Å². The minimum absolute atomic E-state index is 0.0428. The third-order valence-electron chi connectivity index (χ3n) is 7.11. The third-order valence-corrected chi connectivity index (χ3v) is 11.6. The Balaban J connectivity index is 1.86. The molecule has 1 aromatic heterocycles. The van der Waals surface area contributed by atoms with Crippen molar-refractivity contribution >= 4 is 32.1 Å². The lowest BCUT2D eigenvalue weighted by Gasteiger charge is -2.41. The number of allylic oxidation sites excluding steroid dienone is 1. The molecule has 0 fully saturated rings. The number of carboxylic acid groups (broad SMARTS) is 1. The predicted molar refractivity (Wildman–Crippen MR) is 165 cm³/mol. The molecule has 0 aliphatic carbocycles. The Morgan fingerprint density at radius 2 is 1.60 bits per heavy atom. The van der Waals surface area contributed by atoms with Crippen LogP contribution in [0.2, 0.25) is 18.1 Å². The zero-order valence-electron chi connectivity index (χ0n) is 24.7. The number of hydrogen-bond donors (Lipinski definition) is 3. The van der Waals surface area contributed by atoms with Gasteiger partial charge in [0.05, 0.1) is 12.1 Å². The zero-order chi connectivity index (χ0) is 30.8. The van der Waals surface area contributed by atoms with E-state index in [4.69, 9.17) is 14.3 Å². The Hall–Kier alpha value is -4.28. The van der Waals surface area contributed by atoms with Crippen LogP contribution >= 0.6 is 0 Å². The Morgan fingerprint density at radius 3 is 2.17 bits per heavy atom. The lowest BCUT2D eigenvalue weighted by atomic mass is 10.0. The molecule has 10 heteroatoms. The molecule has 0 radical (unpaired) electrons. The summed E-state index contributed by atoms with van der Waals surface area (Å²) in [6.07, 6.45) is 2.13. The molecule has 3 rings (SSSR count). The predicted octanol–water partition coefficient (Wildman–Crippen LogP) is 6.90. The van der Waals surface area contributed by atoms with Gasteiger partial charge >= 0.3 is 12.2 Å². The number of carbonyl (C=O) groups is 3. The second-order valence-electron chi connectivity index (χ2n) is 11.4. The van der Waals surface area contributed by atoms with E-state index in [1.807, 2.05) is 60.7 Å². The van der Waals surface area contributed by atoms with E-state index in [0.29, 0.717) is 5.56 Å². The number of hydrogen-bond acceptors (Lipinski definition) is 6. The maximum Gasteiger partial charge on any atom is 0.410 e. The molecule has 0 saturated carbocycles. The van der Waals surface area contributed by atoms with Crippen molar-refractivity contribution in [3.8, 4) is 0 Å². The fourth-order valence-electron chi connectivity index (χ4n) is 3.79. The summed E-state index contributed by atoms with van der Waals surface area (Å²) < 4.78 is 12.4. The smallest absolute Gasteiger partial charge is 0.410 e. The average molecular weight is 590 g/mol. The maximum atomic E-state index is 13.0. The number of carbonyl (C=O) groups excluding carboxylic acids is 2. The number of amides is 2. The van der Waals surface area contributed by atoms with Gasteiger partial charge in [-0.25, -0.2) is 14.6 Å². The lowest BCUT2D eigenvalue weighted by molar-refractivity contribution is -0.114. The topological polar surface area (TPSA) is 127 Å². The van der Waals surface area contributed by atoms with Crippen molar-refractivity contribution in [1.29, 1.82) is 0 Å². The van der Waals surface area contributed by atoms with E-state index in [-0.39, 0.29) is 29.7 Å². The minimum Gasteiger partial charge on any atom is -0.465 e. The number of ketones is 1. The quantitative estimate of drug-likeness (QED) is 0.155. The molecular formula is C32H39N3O6Si. The summed E-state index contributed by atoms with van der Waals surface area (Å²) >= 11 is 0. The van der Waals surface area contributed by atoms with Gasteiger partial charge in [-0.15, -0.1) is 0 Å². The van der Waals surface area contributed by atoms with Gasteiger partial charge in [-0.05, 0) is 47.0 Å². The maximum absolute atomic E-state index is 13.0. The summed E-state index contributed by atoms with van der Waals surface area (Å²) in [7, 11) is -2.34. The van der Waals surface area contributed by atoms with Crippen molar-refractivity contribution in [3.05, 3.63) is 108 Å². The molecule has 9 nitrogen and oxygen atoms in total. The molecule has 0 aliphatic heterocycles. The van der Waals surface area contributed by atoms with Crippen molar-refractivity contribution < 1.29 is 28.7 Å². The summed E-state index contributed by atoms with van der Waals surface area (Å²) in [4.78, 5) is 40.8. The first-order chi connectivity index (χ1) is 19.8. The molecule has 0 spiro atoms. The van der Waals surface area contributed by atoms with Crippen LogP contribution in [0.4, 0.5) is 15.4 Å². The van der Waals surface area contributed by atoms with E-state index < -0.39 is 32.6 Å². The second-order valence-corrected chi connectivity index (χ2v) is 16.2. The van der Waals surface area contributed by atoms with Gasteiger partial charge in [0.2, 0.25) is 0 Å². The summed E-state index contributed by atoms with van der Waals surface area (Å²) in [6, 6.07) is 21.4. The second kappa shape index (κ2) is 14.6. The number of alkyl carbamates (subject to hydrolysis) is 1. The molecular weight excluding hydrogens is 550 g/mol. The highest BCUT2D eigenvalue weighted by Gasteiger charge is 2.41. The monoisotopic (exact) mass is 589 g/mol. The van der Waals surface area contributed by atoms with Gasteiger partial charge in [0.15, 0.2) is 14.1 Å². The number of pyridine rings is 1. The van der Waals surface area contributed by atoms with Gasteiger partial charge in [0, 0.05) is 12.6 Å². The summed E-state index contributed by atoms with van der Waals surface area (Å²) in [5.41, 5.74) is 2.33. The molecule has 0 bridgehead atoms. The lowest BCUT2D eigenvalue weighted by Crippen LogP contribution is -2.47. The van der Waals surface area contributed by atoms with Gasteiger partial charge in [-0.1, -0.05) is 93.6 Å². The standard InChI is InChI=1S/C32H39N3O6Si/c1-32(2,3)42(4,5)41-29(25-14-10-7-11-15-25)27(34-31(39)40-22-23-12-8-6-9-13-23)18-17-26(36)20-24-16-19-28(33-21-24)35-30(37)38/h6-19,21,27,29H,20,22H2,1-5H3,(H,33,35)(H,34,39)(H,37,38)/b18-17+/t27-,29-/m1/s1. The van der Waals surface area contributed by atoms with Gasteiger partial charge in [-0.2, -0.15) is 0 Å². The molecule has 2 amide bonds. The third kappa shape index (κ3) is 9.97. The first-order valence-corrected chi connectivity index (χ1v) is 16.6. The van der Waals surface area contributed by atoms with Crippen LogP contribution in [0, 0.1) is 0 Å². The summed E-state index contributed by atoms with van der Waals surface area (Å²) in [5.74, 6) is -0.0552. The number of benzene rings is 2. The number of aromatic nitrogens is 1. The van der Waals surface area contributed by atoms with Gasteiger partial charge in [-0.3, -0.25) is 10.1 Å². The van der Waals surface area contributed by atoms with Crippen molar-refractivity contribution in [2.45, 2.75) is 64.1 Å². The number of ether oxygens (including phenoxy) is 1. The first kappa shape index (κ1) is 32.2. The normalized spacial score (nSPS) is 13.3. The molecule has 3 aromatic rings. The van der Waals surface area contributed by atoms with Gasteiger partial charge < -0.3 is 19.6 Å². The highest BCUT2D eigenvalue weighted by atomic mass is 28.4. The Morgan fingerprint density at radius 1 is 0.952 bits per heavy atom. The number of rotatable bonds is 12. The highest BCUT2D eigenvalue weighted by molar-refractivity contribution is 6.74. The fourth-order valence-corrected chi connectivity index (χ4v) is 5.07. The molecule has 2 atom stereocenters. The molecule has 1 heterocycles. The van der Waals surface area contributed by atoms with Crippen molar-refractivity contribution in [3.63, 3.8) is 0 Å². The van der Waals surface area contributed by atoms with Crippen LogP contribution in [0.1, 0.15) is 43.6 Å². The zero-order valence-corrected chi connectivity index (χ0v) is 25.7. The van der Waals surface area contributed by atoms with E-state index in [9.17, 15) is 14.4 Å². The average Bonchev–Trinajstić information content (AvgIpc) is 2.94. The highest BCUT2D eigenvalue weighted by Crippen LogP contribution is 2.40. The SMILES string of the molecule is CC(C)(C)[Si](C)(C)O[C@H](c1ccccc1)[C@@H](/C=C/C(=O)Cc1ccc(NC(=O)O)nc1)NC(=O)OCc1ccccc1. The largest absolute Gasteiger partial charge is 0.465 e. The van der Waals surface area contributed by atoms with Crippen molar-refractivity contribution in [1.82, 2.24) is 10.3 Å². The van der Waals surface area contributed by atoms with Crippen LogP contribution in [0.25, 0.3) is 0 Å². The Kier molecular flexibility index (Phi) is 11.2. The minimum atomic E-state index is -2.34. The van der Waals surface area contributed by atoms with Gasteiger partial charge in [0.1, 0.15) is 12.4 Å². The molecule has 3 N–H and O–H groups in total. The van der Waals surface area contributed by atoms with Crippen LogP contribution in [-0.2, 0) is 27.0 Å². The summed E-state index contributed by atoms with van der Waals surface area (Å²) in [6.45, 7) is 10.8. The molecule has 42 heavy (non-hydrogen) atoms. The fraction of sp³-hybridized carbons (Fsp3) is 0.312. The number of nitrogens with one attached hydrogen (secondary N) is 2. The summed E-state index contributed by atoms with van der Waals surface area (Å²) in [5, 5.41) is 13.8. The van der Waals surface area contributed by atoms with E-state index in [1.165, 1.54) is 18.3 Å². The van der Waals surface area contributed by atoms with Crippen LogP contribution in [0.5, 0.6) is 0 Å². The van der Waals surface area contributed by atoms with Gasteiger partial charge in [0.25, 0.3) is 0 Å². The van der Waals surface area contributed by atoms with Crippen LogP contribution in [-0.4, -0.2) is 42.4 Å². The molecule has 222 valence electrons. The van der Waals surface area contributed by atoms with Crippen LogP contribution in [0.15, 0.2) is 91.1 Å². The van der Waals surface area contributed by atoms with Crippen LogP contribution in [0.3, 0.4) is 0 Å². The number of anilines is 1. The van der Waals surface area contributed by atoms with E-state index in [1.54, 1.807) is 12.1 Å². The Labute approximate surface area is 248 Å². The van der Waals surface area contributed by atoms with Crippen molar-refractivity contribution in [2.24, 2.45) is 0 Å². The van der Waals surface area contributed by atoms with E-state index in [0.717, 1.165) is 11.1 Å².